The average molecular weight is 227 g/mol. The molecule has 0 aliphatic heterocycles. The maximum Gasteiger partial charge on any atom is 0.0584 e. The summed E-state index contributed by atoms with van der Waals surface area (Å²) in [5, 5.41) is 13.0. The molecule has 0 spiro atoms. The second-order valence-corrected chi connectivity index (χ2v) is 5.23. The molecule has 1 rings (SSSR count). The van der Waals surface area contributed by atoms with Gasteiger partial charge in [0.25, 0.3) is 0 Å². The van der Waals surface area contributed by atoms with Crippen LogP contribution in [-0.2, 0) is 0 Å². The second kappa shape index (κ2) is 9.00. The van der Waals surface area contributed by atoms with Crippen LogP contribution in [0.2, 0.25) is 0 Å². The summed E-state index contributed by atoms with van der Waals surface area (Å²) < 4.78 is 0. The molecule has 16 heavy (non-hydrogen) atoms. The molecule has 96 valence electrons. The zero-order valence-corrected chi connectivity index (χ0v) is 10.9. The van der Waals surface area contributed by atoms with Crippen molar-refractivity contribution in [2.75, 3.05) is 6.61 Å². The number of unbranched alkanes of at least 4 members (excludes halogenated alkanes) is 3. The molecule has 0 aromatic heterocycles. The lowest BCUT2D eigenvalue weighted by Crippen LogP contribution is -2.41. The van der Waals surface area contributed by atoms with E-state index in [1.165, 1.54) is 57.8 Å². The smallest absolute Gasteiger partial charge is 0.0584 e. The molecule has 1 saturated carbocycles. The summed E-state index contributed by atoms with van der Waals surface area (Å²) >= 11 is 0. The number of aliphatic hydroxyl groups excluding tert-OH is 1. The Labute approximate surface area is 101 Å². The minimum atomic E-state index is 0.308. The van der Waals surface area contributed by atoms with Gasteiger partial charge < -0.3 is 10.4 Å². The summed E-state index contributed by atoms with van der Waals surface area (Å²) in [5.74, 6) is 0. The van der Waals surface area contributed by atoms with Gasteiger partial charge in [0.05, 0.1) is 6.61 Å². The summed E-state index contributed by atoms with van der Waals surface area (Å²) in [4.78, 5) is 0. The summed E-state index contributed by atoms with van der Waals surface area (Å²) in [6.45, 7) is 2.55. The van der Waals surface area contributed by atoms with E-state index < -0.39 is 0 Å². The van der Waals surface area contributed by atoms with E-state index in [1.807, 2.05) is 0 Å². The molecule has 1 aliphatic carbocycles. The number of rotatable bonds is 8. The maximum absolute atomic E-state index is 9.35. The van der Waals surface area contributed by atoms with Crippen molar-refractivity contribution in [1.82, 2.24) is 5.32 Å². The Kier molecular flexibility index (Phi) is 7.87. The standard InChI is InChI=1S/C14H29NO/c1-2-3-4-6-11-14(12-16)15-13-9-7-5-8-10-13/h13-16H,2-12H2,1H3. The van der Waals surface area contributed by atoms with E-state index in [2.05, 4.69) is 12.2 Å². The fourth-order valence-corrected chi connectivity index (χ4v) is 2.65. The van der Waals surface area contributed by atoms with Gasteiger partial charge >= 0.3 is 0 Å². The second-order valence-electron chi connectivity index (χ2n) is 5.23. The van der Waals surface area contributed by atoms with Crippen LogP contribution >= 0.6 is 0 Å². The van der Waals surface area contributed by atoms with Gasteiger partial charge in [0.15, 0.2) is 0 Å². The first-order chi connectivity index (χ1) is 7.86. The number of hydrogen-bond acceptors (Lipinski definition) is 2. The van der Waals surface area contributed by atoms with Gasteiger partial charge in [-0.25, -0.2) is 0 Å². The van der Waals surface area contributed by atoms with Gasteiger partial charge in [-0.1, -0.05) is 51.9 Å². The number of nitrogens with one attached hydrogen (secondary N) is 1. The topological polar surface area (TPSA) is 32.3 Å². The van der Waals surface area contributed by atoms with Crippen molar-refractivity contribution in [2.24, 2.45) is 0 Å². The van der Waals surface area contributed by atoms with Gasteiger partial charge in [0.1, 0.15) is 0 Å². The van der Waals surface area contributed by atoms with Crippen LogP contribution in [0.15, 0.2) is 0 Å². The van der Waals surface area contributed by atoms with Gasteiger partial charge in [0, 0.05) is 12.1 Å². The third-order valence-corrected chi connectivity index (χ3v) is 3.70. The average Bonchev–Trinajstić information content (AvgIpc) is 2.34. The predicted octanol–water partition coefficient (Wildman–Crippen LogP) is 3.24. The Bertz CT molecular complexity index is 155. The van der Waals surface area contributed by atoms with Crippen LogP contribution in [0.3, 0.4) is 0 Å². The highest BCUT2D eigenvalue weighted by atomic mass is 16.3. The lowest BCUT2D eigenvalue weighted by Gasteiger charge is -2.27. The van der Waals surface area contributed by atoms with Crippen LogP contribution in [0.25, 0.3) is 0 Å². The Morgan fingerprint density at radius 3 is 2.50 bits per heavy atom. The normalized spacial score (nSPS) is 19.9. The Morgan fingerprint density at radius 2 is 1.88 bits per heavy atom. The van der Waals surface area contributed by atoms with Crippen LogP contribution in [-0.4, -0.2) is 23.8 Å². The fourth-order valence-electron chi connectivity index (χ4n) is 2.65. The largest absolute Gasteiger partial charge is 0.395 e. The van der Waals surface area contributed by atoms with Crippen LogP contribution in [0.5, 0.6) is 0 Å². The minimum Gasteiger partial charge on any atom is -0.395 e. The molecule has 0 saturated heterocycles. The van der Waals surface area contributed by atoms with E-state index >= 15 is 0 Å². The Balaban J connectivity index is 2.09. The zero-order valence-electron chi connectivity index (χ0n) is 10.9. The molecule has 2 N–H and O–H groups in total. The van der Waals surface area contributed by atoms with Crippen molar-refractivity contribution in [2.45, 2.75) is 83.2 Å². The van der Waals surface area contributed by atoms with Crippen molar-refractivity contribution in [3.8, 4) is 0 Å². The summed E-state index contributed by atoms with van der Waals surface area (Å²) in [6.07, 6.45) is 13.1. The molecule has 1 fully saturated rings. The van der Waals surface area contributed by atoms with E-state index in [9.17, 15) is 5.11 Å². The Morgan fingerprint density at radius 1 is 1.12 bits per heavy atom. The number of hydrogen-bond donors (Lipinski definition) is 2. The van der Waals surface area contributed by atoms with E-state index in [1.54, 1.807) is 0 Å². The van der Waals surface area contributed by atoms with Crippen molar-refractivity contribution < 1.29 is 5.11 Å². The zero-order chi connectivity index (χ0) is 11.6. The molecule has 0 aromatic rings. The first-order valence-electron chi connectivity index (χ1n) is 7.23. The number of aliphatic hydroxyl groups is 1. The summed E-state index contributed by atoms with van der Waals surface area (Å²) in [5.41, 5.74) is 0. The fraction of sp³-hybridized carbons (Fsp3) is 1.00. The van der Waals surface area contributed by atoms with Crippen LogP contribution in [0.1, 0.15) is 71.1 Å². The van der Waals surface area contributed by atoms with Gasteiger partial charge in [-0.3, -0.25) is 0 Å². The van der Waals surface area contributed by atoms with E-state index in [0.29, 0.717) is 18.7 Å². The lowest BCUT2D eigenvalue weighted by molar-refractivity contribution is 0.209. The third kappa shape index (κ3) is 5.86. The predicted molar refractivity (Wildman–Crippen MR) is 69.6 cm³/mol. The van der Waals surface area contributed by atoms with Crippen molar-refractivity contribution in [3.63, 3.8) is 0 Å². The molecular weight excluding hydrogens is 198 g/mol. The highest BCUT2D eigenvalue weighted by Crippen LogP contribution is 2.18. The SMILES string of the molecule is CCCCCCC(CO)NC1CCCCC1. The molecule has 1 unspecified atom stereocenters. The Hall–Kier alpha value is -0.0800. The van der Waals surface area contributed by atoms with Crippen LogP contribution in [0.4, 0.5) is 0 Å². The molecule has 2 nitrogen and oxygen atoms in total. The first kappa shape index (κ1) is 14.0. The lowest BCUT2D eigenvalue weighted by atomic mass is 9.94. The van der Waals surface area contributed by atoms with Crippen LogP contribution in [0, 0.1) is 0 Å². The quantitative estimate of drug-likeness (QED) is 0.624. The molecule has 0 amide bonds. The van der Waals surface area contributed by atoms with E-state index in [4.69, 9.17) is 0 Å². The highest BCUT2D eigenvalue weighted by Gasteiger charge is 2.16. The molecule has 0 bridgehead atoms. The molecular formula is C14H29NO. The van der Waals surface area contributed by atoms with Crippen molar-refractivity contribution in [1.29, 1.82) is 0 Å². The van der Waals surface area contributed by atoms with Gasteiger partial charge in [-0.15, -0.1) is 0 Å². The van der Waals surface area contributed by atoms with E-state index in [0.717, 1.165) is 6.42 Å². The molecule has 2 heteroatoms. The van der Waals surface area contributed by atoms with Gasteiger partial charge in [-0.2, -0.15) is 0 Å². The van der Waals surface area contributed by atoms with Gasteiger partial charge in [-0.05, 0) is 19.3 Å². The van der Waals surface area contributed by atoms with Crippen LogP contribution < -0.4 is 5.32 Å². The molecule has 0 heterocycles. The van der Waals surface area contributed by atoms with Gasteiger partial charge in [0.2, 0.25) is 0 Å². The molecule has 1 aliphatic rings. The molecule has 0 aromatic carbocycles. The summed E-state index contributed by atoms with van der Waals surface area (Å²) in [6, 6.07) is 1.03. The third-order valence-electron chi connectivity index (χ3n) is 3.70. The monoisotopic (exact) mass is 227 g/mol. The highest BCUT2D eigenvalue weighted by molar-refractivity contribution is 4.77. The minimum absolute atomic E-state index is 0.308. The summed E-state index contributed by atoms with van der Waals surface area (Å²) in [7, 11) is 0. The van der Waals surface area contributed by atoms with Crippen molar-refractivity contribution >= 4 is 0 Å². The molecule has 1 atom stereocenters. The van der Waals surface area contributed by atoms with E-state index in [-0.39, 0.29) is 0 Å². The first-order valence-corrected chi connectivity index (χ1v) is 7.23. The maximum atomic E-state index is 9.35. The molecule has 0 radical (unpaired) electrons. The van der Waals surface area contributed by atoms with Crippen molar-refractivity contribution in [3.05, 3.63) is 0 Å².